The topological polar surface area (TPSA) is 89.5 Å². The molecule has 0 bridgehead atoms. The van der Waals surface area contributed by atoms with Crippen LogP contribution in [-0.2, 0) is 25.5 Å². The van der Waals surface area contributed by atoms with E-state index in [9.17, 15) is 9.59 Å². The van der Waals surface area contributed by atoms with Gasteiger partial charge in [0.2, 0.25) is 0 Å². The first-order valence-corrected chi connectivity index (χ1v) is 8.74. The lowest BCUT2D eigenvalue weighted by molar-refractivity contribution is -0.139. The molecule has 0 radical (unpaired) electrons. The molecule has 3 rings (SSSR count). The summed E-state index contributed by atoms with van der Waals surface area (Å²) >= 11 is 1.27. The molecule has 7 nitrogen and oxygen atoms in total. The summed E-state index contributed by atoms with van der Waals surface area (Å²) < 4.78 is 10.2. The summed E-state index contributed by atoms with van der Waals surface area (Å²) in [6, 6.07) is 9.53. The molecule has 1 fully saturated rings. The minimum atomic E-state index is -0.540. The zero-order chi connectivity index (χ0) is 17.6. The third kappa shape index (κ3) is 4.41. The van der Waals surface area contributed by atoms with Gasteiger partial charge in [0.15, 0.2) is 5.13 Å². The molecule has 2 heterocycles. The van der Waals surface area contributed by atoms with Crippen LogP contribution in [0.1, 0.15) is 4.88 Å². The van der Waals surface area contributed by atoms with Gasteiger partial charge in [-0.05, 0) is 0 Å². The highest BCUT2D eigenvalue weighted by atomic mass is 32.1. The van der Waals surface area contributed by atoms with E-state index in [0.717, 1.165) is 17.0 Å². The highest BCUT2D eigenvalue weighted by Crippen LogP contribution is 2.31. The minimum Gasteiger partial charge on any atom is -0.469 e. The standard InChI is InChI=1S/C17H19N3O4S/c1-23-14(21)9-13-15(11-5-3-2-4-6-11)19-17(25-13)20-16(22)12-10-18-7-8-24-12/h2-6,12,18H,7-10H2,1H3,(H,19,20,22). The van der Waals surface area contributed by atoms with Crippen LogP contribution in [0.4, 0.5) is 5.13 Å². The van der Waals surface area contributed by atoms with Crippen molar-refractivity contribution in [2.24, 2.45) is 0 Å². The number of thiazole rings is 1. The smallest absolute Gasteiger partial charge is 0.310 e. The average molecular weight is 361 g/mol. The van der Waals surface area contributed by atoms with Crippen molar-refractivity contribution in [1.82, 2.24) is 10.3 Å². The van der Waals surface area contributed by atoms with E-state index < -0.39 is 6.10 Å². The number of methoxy groups -OCH3 is 1. The summed E-state index contributed by atoms with van der Waals surface area (Å²) in [5, 5.41) is 6.34. The number of esters is 1. The second-order valence-electron chi connectivity index (χ2n) is 5.46. The Kier molecular flexibility index (Phi) is 5.75. The molecule has 0 aliphatic carbocycles. The molecule has 1 aromatic heterocycles. The molecule has 2 aromatic rings. The van der Waals surface area contributed by atoms with Gasteiger partial charge in [0.1, 0.15) is 6.10 Å². The molecule has 0 spiro atoms. The van der Waals surface area contributed by atoms with Crippen LogP contribution < -0.4 is 10.6 Å². The average Bonchev–Trinajstić information content (AvgIpc) is 3.05. The molecule has 25 heavy (non-hydrogen) atoms. The molecular weight excluding hydrogens is 342 g/mol. The van der Waals surface area contributed by atoms with Crippen LogP contribution in [0.2, 0.25) is 0 Å². The van der Waals surface area contributed by atoms with E-state index in [2.05, 4.69) is 15.6 Å². The predicted molar refractivity (Wildman–Crippen MR) is 94.5 cm³/mol. The number of amides is 1. The van der Waals surface area contributed by atoms with Gasteiger partial charge in [-0.25, -0.2) is 4.98 Å². The van der Waals surface area contributed by atoms with E-state index >= 15 is 0 Å². The quantitative estimate of drug-likeness (QED) is 0.784. The highest BCUT2D eigenvalue weighted by Gasteiger charge is 2.24. The molecular formula is C17H19N3O4S. The van der Waals surface area contributed by atoms with Crippen molar-refractivity contribution in [1.29, 1.82) is 0 Å². The van der Waals surface area contributed by atoms with Crippen molar-refractivity contribution in [3.8, 4) is 11.3 Å². The Hall–Kier alpha value is -2.29. The second-order valence-corrected chi connectivity index (χ2v) is 6.55. The summed E-state index contributed by atoms with van der Waals surface area (Å²) in [5.74, 6) is -0.594. The Morgan fingerprint density at radius 1 is 1.40 bits per heavy atom. The number of anilines is 1. The van der Waals surface area contributed by atoms with Crippen LogP contribution in [0.5, 0.6) is 0 Å². The number of hydrogen-bond acceptors (Lipinski definition) is 7. The monoisotopic (exact) mass is 361 g/mol. The number of aromatic nitrogens is 1. The van der Waals surface area contributed by atoms with E-state index in [1.54, 1.807) is 0 Å². The van der Waals surface area contributed by atoms with Gasteiger partial charge in [0.05, 0.1) is 25.8 Å². The third-order valence-corrected chi connectivity index (χ3v) is 4.70. The van der Waals surface area contributed by atoms with Gasteiger partial charge >= 0.3 is 5.97 Å². The fourth-order valence-electron chi connectivity index (χ4n) is 2.47. The SMILES string of the molecule is COC(=O)Cc1sc(NC(=O)C2CNCCO2)nc1-c1ccccc1. The maximum absolute atomic E-state index is 12.3. The van der Waals surface area contributed by atoms with E-state index in [1.807, 2.05) is 30.3 Å². The molecule has 1 saturated heterocycles. The number of hydrogen-bond donors (Lipinski definition) is 2. The predicted octanol–water partition coefficient (Wildman–Crippen LogP) is 1.45. The zero-order valence-corrected chi connectivity index (χ0v) is 14.6. The van der Waals surface area contributed by atoms with Crippen LogP contribution in [0, 0.1) is 0 Å². The van der Waals surface area contributed by atoms with Crippen LogP contribution >= 0.6 is 11.3 Å². The second kappa shape index (κ2) is 8.19. The molecule has 1 unspecified atom stereocenters. The van der Waals surface area contributed by atoms with Crippen molar-refractivity contribution in [2.75, 3.05) is 32.1 Å². The van der Waals surface area contributed by atoms with Gasteiger partial charge < -0.3 is 14.8 Å². The van der Waals surface area contributed by atoms with E-state index in [1.165, 1.54) is 18.4 Å². The van der Waals surface area contributed by atoms with Crippen LogP contribution in [-0.4, -0.2) is 49.8 Å². The first kappa shape index (κ1) is 17.5. The Bertz CT molecular complexity index is 742. The van der Waals surface area contributed by atoms with E-state index in [0.29, 0.717) is 24.0 Å². The Morgan fingerprint density at radius 2 is 2.20 bits per heavy atom. The number of ether oxygens (including phenoxy) is 2. The van der Waals surface area contributed by atoms with Gasteiger partial charge in [-0.15, -0.1) is 11.3 Å². The van der Waals surface area contributed by atoms with Crippen molar-refractivity contribution >= 4 is 28.3 Å². The van der Waals surface area contributed by atoms with E-state index in [4.69, 9.17) is 9.47 Å². The van der Waals surface area contributed by atoms with Crippen molar-refractivity contribution < 1.29 is 19.1 Å². The lowest BCUT2D eigenvalue weighted by atomic mass is 10.1. The summed E-state index contributed by atoms with van der Waals surface area (Å²) in [6.07, 6.45) is -0.433. The Labute approximate surface area is 149 Å². The Morgan fingerprint density at radius 3 is 2.88 bits per heavy atom. The fourth-order valence-corrected chi connectivity index (χ4v) is 3.44. The number of morpholine rings is 1. The fraction of sp³-hybridized carbons (Fsp3) is 0.353. The first-order valence-electron chi connectivity index (χ1n) is 7.92. The third-order valence-electron chi connectivity index (χ3n) is 3.73. The van der Waals surface area contributed by atoms with Gasteiger partial charge in [0.25, 0.3) is 5.91 Å². The first-order chi connectivity index (χ1) is 12.2. The molecule has 1 aliphatic heterocycles. The molecule has 132 valence electrons. The summed E-state index contributed by atoms with van der Waals surface area (Å²) in [6.45, 7) is 1.71. The van der Waals surface area contributed by atoms with Crippen LogP contribution in [0.3, 0.4) is 0 Å². The van der Waals surface area contributed by atoms with Gasteiger partial charge in [-0.3, -0.25) is 14.9 Å². The van der Waals surface area contributed by atoms with Crippen LogP contribution in [0.15, 0.2) is 30.3 Å². The summed E-state index contributed by atoms with van der Waals surface area (Å²) in [5.41, 5.74) is 1.56. The van der Waals surface area contributed by atoms with Crippen molar-refractivity contribution in [3.63, 3.8) is 0 Å². The number of carbonyl (C=O) groups excluding carboxylic acids is 2. The molecule has 1 aliphatic rings. The lowest BCUT2D eigenvalue weighted by Gasteiger charge is -2.22. The maximum Gasteiger partial charge on any atom is 0.310 e. The summed E-state index contributed by atoms with van der Waals surface area (Å²) in [7, 11) is 1.35. The van der Waals surface area contributed by atoms with E-state index in [-0.39, 0.29) is 18.3 Å². The number of benzene rings is 1. The number of nitrogens with zero attached hydrogens (tertiary/aromatic N) is 1. The lowest BCUT2D eigenvalue weighted by Crippen LogP contribution is -2.45. The maximum atomic E-state index is 12.3. The number of carbonyl (C=O) groups is 2. The molecule has 8 heteroatoms. The molecule has 2 N–H and O–H groups in total. The summed E-state index contributed by atoms with van der Waals surface area (Å²) in [4.78, 5) is 29.2. The zero-order valence-electron chi connectivity index (χ0n) is 13.8. The minimum absolute atomic E-state index is 0.107. The largest absolute Gasteiger partial charge is 0.469 e. The van der Waals surface area contributed by atoms with Gasteiger partial charge in [-0.1, -0.05) is 30.3 Å². The number of nitrogens with one attached hydrogen (secondary N) is 2. The molecule has 1 atom stereocenters. The van der Waals surface area contributed by atoms with Gasteiger partial charge in [0, 0.05) is 23.5 Å². The van der Waals surface area contributed by atoms with Crippen molar-refractivity contribution in [3.05, 3.63) is 35.2 Å². The number of rotatable bonds is 5. The van der Waals surface area contributed by atoms with Gasteiger partial charge in [-0.2, -0.15) is 0 Å². The molecule has 0 saturated carbocycles. The van der Waals surface area contributed by atoms with Crippen molar-refractivity contribution in [2.45, 2.75) is 12.5 Å². The normalized spacial score (nSPS) is 17.1. The molecule has 1 amide bonds. The van der Waals surface area contributed by atoms with Crippen LogP contribution in [0.25, 0.3) is 11.3 Å². The Balaban J connectivity index is 1.82. The highest BCUT2D eigenvalue weighted by molar-refractivity contribution is 7.16. The molecule has 1 aromatic carbocycles.